The third-order valence-corrected chi connectivity index (χ3v) is 6.25. The van der Waals surface area contributed by atoms with Crippen LogP contribution in [0.2, 0.25) is 0 Å². The van der Waals surface area contributed by atoms with Crippen LogP contribution >= 0.6 is 0 Å². The number of benzene rings is 2. The van der Waals surface area contributed by atoms with Gasteiger partial charge in [0.2, 0.25) is 11.8 Å². The highest BCUT2D eigenvalue weighted by Gasteiger charge is 2.23. The van der Waals surface area contributed by atoms with Crippen molar-refractivity contribution in [3.8, 4) is 11.4 Å². The summed E-state index contributed by atoms with van der Waals surface area (Å²) in [7, 11) is 0. The second-order valence-electron chi connectivity index (χ2n) is 8.99. The maximum atomic E-state index is 5.91. The molecule has 0 saturated carbocycles. The molecule has 4 aromatic rings. The number of rotatable bonds is 7. The Morgan fingerprint density at radius 1 is 0.500 bits per heavy atom. The lowest BCUT2D eigenvalue weighted by atomic mass is 10.1. The van der Waals surface area contributed by atoms with E-state index in [-0.39, 0.29) is 12.1 Å². The quantitative estimate of drug-likeness (QED) is 0.381. The Labute approximate surface area is 210 Å². The predicted octanol–water partition coefficient (Wildman–Crippen LogP) is 4.92. The van der Waals surface area contributed by atoms with Gasteiger partial charge in [0.15, 0.2) is 0 Å². The molecule has 178 valence electrons. The van der Waals surface area contributed by atoms with Crippen molar-refractivity contribution in [3.05, 3.63) is 120 Å². The number of hydrogen-bond acceptors (Lipinski definition) is 6. The van der Waals surface area contributed by atoms with Gasteiger partial charge in [-0.15, -0.1) is 0 Å². The summed E-state index contributed by atoms with van der Waals surface area (Å²) in [5, 5.41) is 0. The van der Waals surface area contributed by atoms with Crippen molar-refractivity contribution >= 4 is 11.8 Å². The minimum absolute atomic E-state index is 0.0932. The van der Waals surface area contributed by atoms with E-state index >= 15 is 0 Å². The van der Waals surface area contributed by atoms with Crippen LogP contribution in [0, 0.1) is 0 Å². The second-order valence-corrected chi connectivity index (χ2v) is 8.99. The Balaban J connectivity index is 1.18. The van der Waals surface area contributed by atoms with Crippen molar-refractivity contribution < 1.29 is 9.47 Å². The Morgan fingerprint density at radius 3 is 1.36 bits per heavy atom. The van der Waals surface area contributed by atoms with Crippen LogP contribution in [0.1, 0.15) is 22.5 Å². The maximum Gasteiger partial charge on any atom is 0.235 e. The molecule has 0 fully saturated rings. The number of nitrogens with zero attached hydrogens (tertiary/aromatic N) is 4. The zero-order valence-electron chi connectivity index (χ0n) is 19.8. The molecule has 2 atom stereocenters. The average molecular weight is 475 g/mol. The third-order valence-electron chi connectivity index (χ3n) is 6.25. The molecule has 0 N–H and O–H groups in total. The highest BCUT2D eigenvalue weighted by molar-refractivity contribution is 5.94. The van der Waals surface area contributed by atoms with Crippen LogP contribution in [0.3, 0.4) is 0 Å². The summed E-state index contributed by atoms with van der Waals surface area (Å²) in [5.41, 5.74) is 5.45. The molecular weight excluding hydrogens is 448 g/mol. The largest absolute Gasteiger partial charge is 0.474 e. The van der Waals surface area contributed by atoms with Gasteiger partial charge in [-0.05, 0) is 48.2 Å². The van der Waals surface area contributed by atoms with Crippen LogP contribution in [-0.4, -0.2) is 47.1 Å². The fourth-order valence-corrected chi connectivity index (χ4v) is 4.49. The second kappa shape index (κ2) is 10.1. The smallest absolute Gasteiger partial charge is 0.235 e. The van der Waals surface area contributed by atoms with Crippen molar-refractivity contribution in [1.82, 2.24) is 9.97 Å². The fraction of sp³-hybridized carbons (Fsp3) is 0.200. The van der Waals surface area contributed by atoms with E-state index in [1.165, 1.54) is 11.1 Å². The molecule has 0 amide bonds. The van der Waals surface area contributed by atoms with Crippen molar-refractivity contribution in [3.63, 3.8) is 0 Å². The minimum atomic E-state index is 0.0932. The van der Waals surface area contributed by atoms with Crippen LogP contribution < -0.4 is 0 Å². The molecule has 6 rings (SSSR count). The summed E-state index contributed by atoms with van der Waals surface area (Å²) < 4.78 is 11.8. The number of hydrogen-bond donors (Lipinski definition) is 0. The molecule has 36 heavy (non-hydrogen) atoms. The van der Waals surface area contributed by atoms with Crippen molar-refractivity contribution in [1.29, 1.82) is 0 Å². The Bertz CT molecular complexity index is 1290. The first-order valence-electron chi connectivity index (χ1n) is 12.2. The molecule has 4 heterocycles. The van der Waals surface area contributed by atoms with Crippen molar-refractivity contribution in [2.75, 3.05) is 13.2 Å². The monoisotopic (exact) mass is 474 g/mol. The van der Waals surface area contributed by atoms with Crippen molar-refractivity contribution in [2.24, 2.45) is 9.98 Å². The van der Waals surface area contributed by atoms with Crippen LogP contribution in [-0.2, 0) is 22.3 Å². The molecule has 0 saturated heterocycles. The lowest BCUT2D eigenvalue weighted by molar-refractivity contribution is 0.316. The normalized spacial score (nSPS) is 18.8. The van der Waals surface area contributed by atoms with Gasteiger partial charge in [0.05, 0.1) is 23.5 Å². The highest BCUT2D eigenvalue weighted by atomic mass is 16.5. The fourth-order valence-electron chi connectivity index (χ4n) is 4.49. The van der Waals surface area contributed by atoms with Gasteiger partial charge in [0.1, 0.15) is 24.6 Å². The first-order chi connectivity index (χ1) is 17.8. The minimum Gasteiger partial charge on any atom is -0.474 e. The molecular formula is C30H26N4O2. The SMILES string of the molecule is c1ccc(CC2COC(c3cccc(-c4cccc(C5=NC(Cc6ccccc6)CO5)n4)n3)=N2)cc1. The van der Waals surface area contributed by atoms with Gasteiger partial charge < -0.3 is 9.47 Å². The topological polar surface area (TPSA) is 69.0 Å². The predicted molar refractivity (Wildman–Crippen MR) is 140 cm³/mol. The molecule has 0 spiro atoms. The number of ether oxygens (including phenoxy) is 2. The van der Waals surface area contributed by atoms with E-state index in [1.807, 2.05) is 72.8 Å². The van der Waals surface area contributed by atoms with Crippen LogP contribution in [0.5, 0.6) is 0 Å². The molecule has 2 aliphatic heterocycles. The Morgan fingerprint density at radius 2 is 0.917 bits per heavy atom. The van der Waals surface area contributed by atoms with Crippen molar-refractivity contribution in [2.45, 2.75) is 24.9 Å². The summed E-state index contributed by atoms with van der Waals surface area (Å²) in [6.07, 6.45) is 1.70. The van der Waals surface area contributed by atoms with Gasteiger partial charge in [-0.2, -0.15) is 0 Å². The van der Waals surface area contributed by atoms with Gasteiger partial charge in [-0.3, -0.25) is 0 Å². The van der Waals surface area contributed by atoms with E-state index < -0.39 is 0 Å². The molecule has 0 aliphatic carbocycles. The molecule has 0 bridgehead atoms. The van der Waals surface area contributed by atoms with Crippen LogP contribution in [0.4, 0.5) is 0 Å². The zero-order chi connectivity index (χ0) is 24.2. The summed E-state index contributed by atoms with van der Waals surface area (Å²) in [6.45, 7) is 1.12. The number of pyridine rings is 2. The Kier molecular flexibility index (Phi) is 6.23. The Hall–Kier alpha value is -4.32. The van der Waals surface area contributed by atoms with E-state index in [0.29, 0.717) is 36.4 Å². The molecule has 6 nitrogen and oxygen atoms in total. The number of aromatic nitrogens is 2. The van der Waals surface area contributed by atoms with E-state index in [1.54, 1.807) is 0 Å². The molecule has 6 heteroatoms. The summed E-state index contributed by atoms with van der Waals surface area (Å²) in [6, 6.07) is 32.6. The molecule has 2 unspecified atom stereocenters. The average Bonchev–Trinajstić information content (AvgIpc) is 3.60. The van der Waals surface area contributed by atoms with E-state index in [0.717, 1.165) is 24.2 Å². The van der Waals surface area contributed by atoms with E-state index in [9.17, 15) is 0 Å². The van der Waals surface area contributed by atoms with Gasteiger partial charge in [-0.1, -0.05) is 72.8 Å². The number of aliphatic imine (C=N–C) groups is 2. The summed E-state index contributed by atoms with van der Waals surface area (Å²) in [4.78, 5) is 19.2. The van der Waals surface area contributed by atoms with Gasteiger partial charge in [0.25, 0.3) is 0 Å². The van der Waals surface area contributed by atoms with Crippen LogP contribution in [0.15, 0.2) is 107 Å². The van der Waals surface area contributed by atoms with Gasteiger partial charge in [-0.25, -0.2) is 20.0 Å². The first-order valence-corrected chi connectivity index (χ1v) is 12.2. The summed E-state index contributed by atoms with van der Waals surface area (Å²) >= 11 is 0. The van der Waals surface area contributed by atoms with Gasteiger partial charge >= 0.3 is 0 Å². The first kappa shape index (κ1) is 22.2. The lowest BCUT2D eigenvalue weighted by Gasteiger charge is -2.06. The standard InChI is InChI=1S/C30H26N4O2/c1-3-9-21(10-4-1)17-23-19-35-29(31-23)27-15-7-13-25(33-27)26-14-8-16-28(34-26)30-32-24(20-36-30)18-22-11-5-2-6-12-22/h1-16,23-24H,17-20H2. The molecule has 2 aromatic carbocycles. The molecule has 2 aromatic heterocycles. The van der Waals surface area contributed by atoms with Crippen LogP contribution in [0.25, 0.3) is 11.4 Å². The van der Waals surface area contributed by atoms with E-state index in [4.69, 9.17) is 29.4 Å². The zero-order valence-corrected chi connectivity index (χ0v) is 19.8. The molecule has 0 radical (unpaired) electrons. The lowest BCUT2D eigenvalue weighted by Crippen LogP contribution is -2.10. The highest BCUT2D eigenvalue weighted by Crippen LogP contribution is 2.21. The third kappa shape index (κ3) is 5.03. The summed E-state index contributed by atoms with van der Waals surface area (Å²) in [5.74, 6) is 1.17. The maximum absolute atomic E-state index is 5.91. The van der Waals surface area contributed by atoms with E-state index in [2.05, 4.69) is 24.3 Å². The van der Waals surface area contributed by atoms with Gasteiger partial charge in [0, 0.05) is 0 Å². The molecule has 2 aliphatic rings.